The van der Waals surface area contributed by atoms with E-state index in [-0.39, 0.29) is 0 Å². The molecule has 1 heterocycles. The lowest BCUT2D eigenvalue weighted by Crippen LogP contribution is -2.17. The summed E-state index contributed by atoms with van der Waals surface area (Å²) in [6, 6.07) is 0. The summed E-state index contributed by atoms with van der Waals surface area (Å²) in [5.41, 5.74) is 1.81. The average molecular weight is 222 g/mol. The van der Waals surface area contributed by atoms with Gasteiger partial charge in [0.05, 0.1) is 5.69 Å². The molecular weight excluding hydrogens is 204 g/mol. The van der Waals surface area contributed by atoms with Crippen LogP contribution in [0.15, 0.2) is 0 Å². The van der Waals surface area contributed by atoms with Crippen molar-refractivity contribution < 1.29 is 9.90 Å². The lowest BCUT2D eigenvalue weighted by atomic mass is 9.90. The number of aromatic nitrogens is 2. The van der Waals surface area contributed by atoms with Crippen molar-refractivity contribution in [1.82, 2.24) is 9.97 Å². The molecule has 0 bridgehead atoms. The van der Waals surface area contributed by atoms with Gasteiger partial charge in [0, 0.05) is 12.1 Å². The molecule has 2 rings (SSSR count). The van der Waals surface area contributed by atoms with Gasteiger partial charge in [-0.05, 0) is 25.2 Å². The summed E-state index contributed by atoms with van der Waals surface area (Å²) in [5, 5.41) is 9.12. The van der Waals surface area contributed by atoms with Gasteiger partial charge in [0.15, 0.2) is 0 Å². The lowest BCUT2D eigenvalue weighted by Gasteiger charge is -2.16. The maximum Gasteiger partial charge on any atom is 0.312 e. The quantitative estimate of drug-likeness (QED) is 0.823. The van der Waals surface area contributed by atoms with Crippen LogP contribution in [-0.4, -0.2) is 21.0 Å². The summed E-state index contributed by atoms with van der Waals surface area (Å²) in [6.45, 7) is 4.27. The smallest absolute Gasteiger partial charge is 0.312 e. The number of aryl methyl sites for hydroxylation is 1. The van der Waals surface area contributed by atoms with Gasteiger partial charge < -0.3 is 10.1 Å². The minimum Gasteiger partial charge on any atom is -0.481 e. The Hall–Kier alpha value is -1.32. The van der Waals surface area contributed by atoms with Crippen molar-refractivity contribution in [3.8, 4) is 0 Å². The van der Waals surface area contributed by atoms with Crippen molar-refractivity contribution in [1.29, 1.82) is 0 Å². The highest BCUT2D eigenvalue weighted by molar-refractivity contribution is 5.76. The van der Waals surface area contributed by atoms with Gasteiger partial charge >= 0.3 is 5.97 Å². The fourth-order valence-corrected chi connectivity index (χ4v) is 2.30. The molecule has 4 heteroatoms. The number of rotatable bonds is 3. The van der Waals surface area contributed by atoms with Crippen LogP contribution in [0.5, 0.6) is 0 Å². The Kier molecular flexibility index (Phi) is 2.99. The zero-order valence-corrected chi connectivity index (χ0v) is 9.79. The first-order chi connectivity index (χ1) is 7.58. The molecule has 0 radical (unpaired) electrons. The Balaban J connectivity index is 2.27. The molecule has 4 nitrogen and oxygen atoms in total. The summed E-state index contributed by atoms with van der Waals surface area (Å²) in [5.74, 6) is 0.327. The monoisotopic (exact) mass is 222 g/mol. The van der Waals surface area contributed by atoms with Crippen LogP contribution < -0.4 is 0 Å². The third-order valence-corrected chi connectivity index (χ3v) is 3.01. The maximum absolute atomic E-state index is 11.1. The van der Waals surface area contributed by atoms with E-state index in [9.17, 15) is 4.79 Å². The fraction of sp³-hybridized carbons (Fsp3) is 0.667. The van der Waals surface area contributed by atoms with Crippen molar-refractivity contribution in [2.75, 3.05) is 0 Å². The van der Waals surface area contributed by atoms with Crippen LogP contribution in [-0.2, 0) is 17.6 Å². The van der Waals surface area contributed by atoms with E-state index in [1.165, 1.54) is 0 Å². The summed E-state index contributed by atoms with van der Waals surface area (Å²) in [7, 11) is 0. The molecule has 0 saturated heterocycles. The van der Waals surface area contributed by atoms with Crippen molar-refractivity contribution in [3.05, 3.63) is 17.2 Å². The molecule has 88 valence electrons. The van der Waals surface area contributed by atoms with E-state index in [1.54, 1.807) is 0 Å². The Morgan fingerprint density at radius 3 is 3.00 bits per heavy atom. The number of H-pyrrole nitrogens is 1. The second-order valence-electron chi connectivity index (χ2n) is 4.93. The minimum atomic E-state index is -0.747. The molecule has 0 spiro atoms. The van der Waals surface area contributed by atoms with E-state index in [0.29, 0.717) is 12.3 Å². The molecule has 1 atom stereocenters. The largest absolute Gasteiger partial charge is 0.481 e. The number of hydrogen-bond acceptors (Lipinski definition) is 2. The highest BCUT2D eigenvalue weighted by Crippen LogP contribution is 2.30. The zero-order valence-electron chi connectivity index (χ0n) is 9.79. The zero-order chi connectivity index (χ0) is 11.7. The summed E-state index contributed by atoms with van der Waals surface area (Å²) >= 11 is 0. The molecule has 0 aromatic carbocycles. The predicted octanol–water partition coefficient (Wildman–Crippen LogP) is 2.11. The SMILES string of the molecule is CC(C)Cc1nc2c([nH]1)CCCC2C(=O)O. The van der Waals surface area contributed by atoms with Crippen molar-refractivity contribution in [2.24, 2.45) is 5.92 Å². The molecule has 1 aromatic rings. The van der Waals surface area contributed by atoms with Crippen LogP contribution in [0.25, 0.3) is 0 Å². The van der Waals surface area contributed by atoms with E-state index in [0.717, 1.165) is 36.5 Å². The predicted molar refractivity (Wildman–Crippen MR) is 60.4 cm³/mol. The van der Waals surface area contributed by atoms with Gasteiger partial charge in [-0.1, -0.05) is 13.8 Å². The van der Waals surface area contributed by atoms with E-state index in [2.05, 4.69) is 23.8 Å². The van der Waals surface area contributed by atoms with Crippen molar-refractivity contribution >= 4 is 5.97 Å². The first-order valence-corrected chi connectivity index (χ1v) is 5.88. The van der Waals surface area contributed by atoms with E-state index in [4.69, 9.17) is 5.11 Å². The second kappa shape index (κ2) is 4.28. The minimum absolute atomic E-state index is 0.402. The van der Waals surface area contributed by atoms with Crippen LogP contribution in [0.4, 0.5) is 0 Å². The molecule has 1 aliphatic carbocycles. The summed E-state index contributed by atoms with van der Waals surface area (Å²) in [4.78, 5) is 18.8. The number of aliphatic carboxylic acids is 1. The molecule has 16 heavy (non-hydrogen) atoms. The van der Waals surface area contributed by atoms with Crippen molar-refractivity contribution in [3.63, 3.8) is 0 Å². The molecule has 0 amide bonds. The molecule has 0 aliphatic heterocycles. The number of aromatic amines is 1. The number of imidazole rings is 1. The Labute approximate surface area is 95.1 Å². The summed E-state index contributed by atoms with van der Waals surface area (Å²) in [6.07, 6.45) is 3.48. The third-order valence-electron chi connectivity index (χ3n) is 3.01. The number of carboxylic acids is 1. The van der Waals surface area contributed by atoms with E-state index < -0.39 is 11.9 Å². The van der Waals surface area contributed by atoms with Crippen molar-refractivity contribution in [2.45, 2.75) is 45.4 Å². The number of hydrogen-bond donors (Lipinski definition) is 2. The first-order valence-electron chi connectivity index (χ1n) is 5.88. The third kappa shape index (κ3) is 2.10. The Morgan fingerprint density at radius 1 is 1.62 bits per heavy atom. The topological polar surface area (TPSA) is 66.0 Å². The Morgan fingerprint density at radius 2 is 2.38 bits per heavy atom. The highest BCUT2D eigenvalue weighted by atomic mass is 16.4. The van der Waals surface area contributed by atoms with Gasteiger partial charge in [0.2, 0.25) is 0 Å². The van der Waals surface area contributed by atoms with Gasteiger partial charge in [-0.2, -0.15) is 0 Å². The van der Waals surface area contributed by atoms with E-state index in [1.807, 2.05) is 0 Å². The molecular formula is C12H18N2O2. The molecule has 1 unspecified atom stereocenters. The number of fused-ring (bicyclic) bond motifs is 1. The number of carbonyl (C=O) groups is 1. The van der Waals surface area contributed by atoms with Gasteiger partial charge in [-0.25, -0.2) is 4.98 Å². The van der Waals surface area contributed by atoms with Gasteiger partial charge in [0.1, 0.15) is 11.7 Å². The maximum atomic E-state index is 11.1. The second-order valence-corrected chi connectivity index (χ2v) is 4.93. The van der Waals surface area contributed by atoms with Crippen LogP contribution in [0.2, 0.25) is 0 Å². The van der Waals surface area contributed by atoms with Gasteiger partial charge in [-0.15, -0.1) is 0 Å². The molecule has 1 aliphatic rings. The molecule has 0 fully saturated rings. The van der Waals surface area contributed by atoms with Crippen LogP contribution in [0, 0.1) is 5.92 Å². The summed E-state index contributed by atoms with van der Waals surface area (Å²) < 4.78 is 0. The highest BCUT2D eigenvalue weighted by Gasteiger charge is 2.29. The fourth-order valence-electron chi connectivity index (χ4n) is 2.30. The van der Waals surface area contributed by atoms with Crippen LogP contribution in [0.1, 0.15) is 49.8 Å². The number of carboxylic acid groups (broad SMARTS) is 1. The lowest BCUT2D eigenvalue weighted by molar-refractivity contribution is -0.139. The van der Waals surface area contributed by atoms with Crippen LogP contribution >= 0.6 is 0 Å². The first kappa shape index (κ1) is 11.2. The number of nitrogens with one attached hydrogen (secondary N) is 1. The molecule has 0 saturated carbocycles. The Bertz CT molecular complexity index is 396. The molecule has 1 aromatic heterocycles. The molecule has 2 N–H and O–H groups in total. The average Bonchev–Trinajstić information content (AvgIpc) is 2.57. The normalized spacial score (nSPS) is 19.8. The van der Waals surface area contributed by atoms with Crippen LogP contribution in [0.3, 0.4) is 0 Å². The van der Waals surface area contributed by atoms with E-state index >= 15 is 0 Å². The number of nitrogens with zero attached hydrogens (tertiary/aromatic N) is 1. The van der Waals surface area contributed by atoms with Gasteiger partial charge in [0.25, 0.3) is 0 Å². The van der Waals surface area contributed by atoms with Gasteiger partial charge in [-0.3, -0.25) is 4.79 Å². The standard InChI is InChI=1S/C12H18N2O2/c1-7(2)6-10-13-9-5-3-4-8(12(15)16)11(9)14-10/h7-8H,3-6H2,1-2H3,(H,13,14)(H,15,16).